The number of esters is 1. The first kappa shape index (κ1) is 31.8. The predicted molar refractivity (Wildman–Crippen MR) is 163 cm³/mol. The van der Waals surface area contributed by atoms with Gasteiger partial charge in [0.25, 0.3) is 0 Å². The molecule has 0 amide bonds. The molecule has 2 unspecified atom stereocenters. The van der Waals surface area contributed by atoms with E-state index < -0.39 is 12.1 Å². The summed E-state index contributed by atoms with van der Waals surface area (Å²) in [5.74, 6) is 1.50. The maximum absolute atomic E-state index is 12.2. The van der Waals surface area contributed by atoms with E-state index in [1.54, 1.807) is 0 Å². The second-order valence-electron chi connectivity index (χ2n) is 11.2. The molecule has 7 nitrogen and oxygen atoms in total. The molecular weight excluding hydrogens is 671 g/mol. The molecule has 1 heterocycles. The number of carbonyl (C=O) groups is 1. The number of aryl methyl sites for hydroxylation is 1. The summed E-state index contributed by atoms with van der Waals surface area (Å²) in [6.45, 7) is 7.36. The van der Waals surface area contributed by atoms with Crippen LogP contribution in [0.2, 0.25) is 0 Å². The van der Waals surface area contributed by atoms with Gasteiger partial charge < -0.3 is 28.8 Å². The van der Waals surface area contributed by atoms with Gasteiger partial charge in [0, 0.05) is 5.41 Å². The van der Waals surface area contributed by atoms with E-state index in [0.717, 1.165) is 17.9 Å². The molecule has 0 aromatic heterocycles. The van der Waals surface area contributed by atoms with Crippen molar-refractivity contribution in [2.45, 2.75) is 38.4 Å². The van der Waals surface area contributed by atoms with Crippen molar-refractivity contribution in [2.24, 2.45) is 0 Å². The Hall–Kier alpha value is -3.60. The monoisotopic (exact) mass is 709 g/mol. The molecule has 0 aliphatic carbocycles. The first-order chi connectivity index (χ1) is 21.2. The zero-order chi connectivity index (χ0) is 30.9. The number of rotatable bonds is 15. The van der Waals surface area contributed by atoms with Gasteiger partial charge in [-0.3, -0.25) is 0 Å². The molecule has 0 bridgehead atoms. The Bertz CT molecular complexity index is 1480. The standard InChI is InChI=1S/C36H38IO7/c1-25-4-10-28(11-5-25)37-29-12-18-33(19-13-29)43-24-35(39)44-21-30(38)20-40-31-14-6-26(7-15-31)36(2,3)27-8-16-32(17-9-27)41-22-34-23-42-34/h4-19,30,34,38H,20-24H2,1-3H3/q+1. The number of benzene rings is 4. The maximum atomic E-state index is 12.2. The van der Waals surface area contributed by atoms with Gasteiger partial charge in [-0.05, 0) is 78.7 Å². The summed E-state index contributed by atoms with van der Waals surface area (Å²) in [4.78, 5) is 12.2. The smallest absolute Gasteiger partial charge is 0.357 e. The lowest BCUT2D eigenvalue weighted by Crippen LogP contribution is -3.61. The lowest BCUT2D eigenvalue weighted by Gasteiger charge is -2.26. The maximum Gasteiger partial charge on any atom is 0.357 e. The third-order valence-electron chi connectivity index (χ3n) is 7.27. The van der Waals surface area contributed by atoms with Crippen LogP contribution in [0.4, 0.5) is 0 Å². The van der Waals surface area contributed by atoms with Gasteiger partial charge in [0.05, 0.1) is 6.61 Å². The molecule has 8 heteroatoms. The molecular formula is C36H38IO7+. The van der Waals surface area contributed by atoms with Crippen LogP contribution in [0.25, 0.3) is 0 Å². The summed E-state index contributed by atoms with van der Waals surface area (Å²) in [5.41, 5.74) is 3.32. The number of epoxide rings is 1. The fourth-order valence-corrected chi connectivity index (χ4v) is 6.54. The predicted octanol–water partition coefficient (Wildman–Crippen LogP) is 2.59. The number of hydrogen-bond donors (Lipinski definition) is 1. The third-order valence-corrected chi connectivity index (χ3v) is 9.95. The zero-order valence-electron chi connectivity index (χ0n) is 25.2. The Morgan fingerprint density at radius 2 is 1.30 bits per heavy atom. The van der Waals surface area contributed by atoms with Crippen molar-refractivity contribution in [1.29, 1.82) is 0 Å². The topological polar surface area (TPSA) is 86.8 Å². The quantitative estimate of drug-likeness (QED) is 0.116. The van der Waals surface area contributed by atoms with E-state index in [0.29, 0.717) is 18.1 Å². The molecule has 1 aliphatic rings. The van der Waals surface area contributed by atoms with E-state index in [9.17, 15) is 9.90 Å². The van der Waals surface area contributed by atoms with Gasteiger partial charge in [-0.1, -0.05) is 55.8 Å². The van der Waals surface area contributed by atoms with Crippen LogP contribution in [0.1, 0.15) is 30.5 Å². The van der Waals surface area contributed by atoms with Crippen molar-refractivity contribution >= 4 is 5.97 Å². The van der Waals surface area contributed by atoms with Crippen LogP contribution in [0.5, 0.6) is 17.2 Å². The van der Waals surface area contributed by atoms with Gasteiger partial charge in [-0.15, -0.1) is 0 Å². The van der Waals surface area contributed by atoms with Crippen LogP contribution in [-0.4, -0.2) is 56.3 Å². The lowest BCUT2D eigenvalue weighted by atomic mass is 9.78. The van der Waals surface area contributed by atoms with Gasteiger partial charge in [-0.25, -0.2) is 4.79 Å². The average Bonchev–Trinajstić information content (AvgIpc) is 3.88. The van der Waals surface area contributed by atoms with Crippen molar-refractivity contribution < 1.29 is 54.8 Å². The minimum Gasteiger partial charge on any atom is -0.491 e. The van der Waals surface area contributed by atoms with Crippen molar-refractivity contribution in [3.8, 4) is 17.2 Å². The van der Waals surface area contributed by atoms with Crippen molar-refractivity contribution in [2.75, 3.05) is 33.0 Å². The Kier molecular flexibility index (Phi) is 10.8. The summed E-state index contributed by atoms with van der Waals surface area (Å²) >= 11 is -0.268. The van der Waals surface area contributed by atoms with Crippen LogP contribution < -0.4 is 35.4 Å². The van der Waals surface area contributed by atoms with E-state index in [-0.39, 0.29) is 52.5 Å². The molecule has 2 atom stereocenters. The molecule has 4 aromatic rings. The summed E-state index contributed by atoms with van der Waals surface area (Å²) in [6.07, 6.45) is -0.736. The van der Waals surface area contributed by atoms with Crippen LogP contribution in [-0.2, 0) is 19.7 Å². The molecule has 1 saturated heterocycles. The highest BCUT2D eigenvalue weighted by atomic mass is 127. The second-order valence-corrected chi connectivity index (χ2v) is 14.3. The van der Waals surface area contributed by atoms with Crippen LogP contribution in [0.3, 0.4) is 0 Å². The second kappa shape index (κ2) is 14.9. The molecule has 230 valence electrons. The highest BCUT2D eigenvalue weighted by Gasteiger charge is 2.25. The van der Waals surface area contributed by atoms with Gasteiger partial charge >= 0.3 is 27.2 Å². The Labute approximate surface area is 269 Å². The van der Waals surface area contributed by atoms with Crippen LogP contribution >= 0.6 is 0 Å². The Morgan fingerprint density at radius 1 is 0.795 bits per heavy atom. The molecule has 0 radical (unpaired) electrons. The number of carbonyl (C=O) groups excluding carboxylic acids is 1. The van der Waals surface area contributed by atoms with Crippen molar-refractivity contribution in [1.82, 2.24) is 0 Å². The molecule has 1 aliphatic heterocycles. The van der Waals surface area contributed by atoms with E-state index in [1.807, 2.05) is 60.7 Å². The highest BCUT2D eigenvalue weighted by Crippen LogP contribution is 2.33. The minimum absolute atomic E-state index is 0.00421. The summed E-state index contributed by atoms with van der Waals surface area (Å²) in [5, 5.41) is 10.3. The van der Waals surface area contributed by atoms with Crippen LogP contribution in [0.15, 0.2) is 97.1 Å². The largest absolute Gasteiger partial charge is 0.491 e. The van der Waals surface area contributed by atoms with Gasteiger partial charge in [0.15, 0.2) is 13.7 Å². The fraction of sp³-hybridized carbons (Fsp3) is 0.306. The minimum atomic E-state index is -0.965. The fourth-order valence-electron chi connectivity index (χ4n) is 4.39. The molecule has 0 saturated carbocycles. The van der Waals surface area contributed by atoms with Gasteiger partial charge in [0.2, 0.25) is 0 Å². The molecule has 44 heavy (non-hydrogen) atoms. The molecule has 5 rings (SSSR count). The summed E-state index contributed by atoms with van der Waals surface area (Å²) < 4.78 is 30.0. The zero-order valence-corrected chi connectivity index (χ0v) is 27.4. The third kappa shape index (κ3) is 9.45. The van der Waals surface area contributed by atoms with Gasteiger partial charge in [0.1, 0.15) is 49.3 Å². The van der Waals surface area contributed by atoms with Gasteiger partial charge in [-0.2, -0.15) is 0 Å². The molecule has 1 N–H and O–H groups in total. The van der Waals surface area contributed by atoms with E-state index >= 15 is 0 Å². The van der Waals surface area contributed by atoms with E-state index in [4.69, 9.17) is 23.7 Å². The number of ether oxygens (including phenoxy) is 5. The Morgan fingerprint density at radius 3 is 1.86 bits per heavy atom. The lowest BCUT2D eigenvalue weighted by molar-refractivity contribution is -0.597. The van der Waals surface area contributed by atoms with Crippen LogP contribution in [0, 0.1) is 14.1 Å². The molecule has 0 spiro atoms. The van der Waals surface area contributed by atoms with Crippen molar-refractivity contribution in [3.05, 3.63) is 121 Å². The normalized spacial score (nSPS) is 14.9. The summed E-state index contributed by atoms with van der Waals surface area (Å²) in [7, 11) is 0. The van der Waals surface area contributed by atoms with E-state index in [2.05, 4.69) is 57.2 Å². The number of aliphatic hydroxyl groups excluding tert-OH is 1. The summed E-state index contributed by atoms with van der Waals surface area (Å²) in [6, 6.07) is 32.3. The molecule has 4 aromatic carbocycles. The SMILES string of the molecule is Cc1ccc([I+]c2ccc(OCC(=O)OCC(O)COc3ccc(C(C)(C)c4ccc(OCC5CO5)cc4)cc3)cc2)cc1. The number of halogens is 1. The first-order valence-electron chi connectivity index (χ1n) is 14.6. The molecule has 1 fully saturated rings. The number of aliphatic hydroxyl groups is 1. The number of hydrogen-bond acceptors (Lipinski definition) is 7. The van der Waals surface area contributed by atoms with Crippen molar-refractivity contribution in [3.63, 3.8) is 0 Å². The van der Waals surface area contributed by atoms with E-state index in [1.165, 1.54) is 18.3 Å². The Balaban J connectivity index is 1.00. The highest BCUT2D eigenvalue weighted by molar-refractivity contribution is 5.71. The average molecular weight is 710 g/mol. The first-order valence-corrected chi connectivity index (χ1v) is 16.8.